The van der Waals surface area contributed by atoms with Crippen molar-refractivity contribution in [2.45, 2.75) is 45.6 Å². The van der Waals surface area contributed by atoms with Gasteiger partial charge in [-0.25, -0.2) is 0 Å². The minimum Gasteiger partial charge on any atom is -0.393 e. The largest absolute Gasteiger partial charge is 0.393 e. The zero-order valence-corrected chi connectivity index (χ0v) is 7.01. The Morgan fingerprint density at radius 3 is 2.60 bits per heavy atom. The van der Waals surface area contributed by atoms with Crippen molar-refractivity contribution in [1.82, 2.24) is 0 Å². The van der Waals surface area contributed by atoms with Crippen molar-refractivity contribution in [3.63, 3.8) is 0 Å². The van der Waals surface area contributed by atoms with Crippen LogP contribution in [0.1, 0.15) is 39.5 Å². The van der Waals surface area contributed by atoms with E-state index >= 15 is 0 Å². The molecule has 0 saturated heterocycles. The van der Waals surface area contributed by atoms with Gasteiger partial charge in [-0.3, -0.25) is 0 Å². The molecular weight excluding hydrogens is 124 g/mol. The highest BCUT2D eigenvalue weighted by Gasteiger charge is 1.91. The van der Waals surface area contributed by atoms with Crippen LogP contribution in [0.4, 0.5) is 0 Å². The van der Waals surface area contributed by atoms with Gasteiger partial charge in [0.15, 0.2) is 0 Å². The Morgan fingerprint density at radius 2 is 2.10 bits per heavy atom. The Balaban J connectivity index is 2.97. The molecule has 1 nitrogen and oxygen atoms in total. The van der Waals surface area contributed by atoms with Gasteiger partial charge in [-0.05, 0) is 32.6 Å². The Hall–Kier alpha value is -0.300. The highest BCUT2D eigenvalue weighted by molar-refractivity contribution is 4.79. The van der Waals surface area contributed by atoms with Crippen molar-refractivity contribution in [2.75, 3.05) is 0 Å². The zero-order valence-electron chi connectivity index (χ0n) is 7.01. The number of allylic oxidation sites excluding steroid dienone is 2. The summed E-state index contributed by atoms with van der Waals surface area (Å²) in [5, 5.41) is 8.88. The summed E-state index contributed by atoms with van der Waals surface area (Å²) in [6.45, 7) is 3.97. The van der Waals surface area contributed by atoms with Gasteiger partial charge in [-0.1, -0.05) is 19.1 Å². The first-order valence-electron chi connectivity index (χ1n) is 4.10. The number of rotatable bonds is 5. The fourth-order valence-corrected chi connectivity index (χ4v) is 0.816. The molecule has 1 atom stereocenters. The third-order valence-corrected chi connectivity index (χ3v) is 1.40. The van der Waals surface area contributed by atoms with Gasteiger partial charge in [0.2, 0.25) is 0 Å². The van der Waals surface area contributed by atoms with Gasteiger partial charge in [-0.2, -0.15) is 0 Å². The molecule has 0 heterocycles. The summed E-state index contributed by atoms with van der Waals surface area (Å²) in [5.74, 6) is 0. The van der Waals surface area contributed by atoms with E-state index in [-0.39, 0.29) is 6.10 Å². The second kappa shape index (κ2) is 6.81. The van der Waals surface area contributed by atoms with E-state index in [0.717, 1.165) is 25.7 Å². The molecule has 0 spiro atoms. The van der Waals surface area contributed by atoms with Crippen LogP contribution < -0.4 is 0 Å². The smallest absolute Gasteiger partial charge is 0.0512 e. The molecule has 0 aromatic carbocycles. The van der Waals surface area contributed by atoms with Crippen molar-refractivity contribution >= 4 is 0 Å². The van der Waals surface area contributed by atoms with Crippen LogP contribution in [-0.2, 0) is 0 Å². The lowest BCUT2D eigenvalue weighted by Crippen LogP contribution is -1.97. The monoisotopic (exact) mass is 142 g/mol. The number of aliphatic hydroxyl groups excluding tert-OH is 1. The van der Waals surface area contributed by atoms with Crippen LogP contribution in [0.5, 0.6) is 0 Å². The molecule has 0 amide bonds. The Kier molecular flexibility index (Phi) is 6.61. The molecule has 0 aliphatic heterocycles. The third kappa shape index (κ3) is 7.70. The lowest BCUT2D eigenvalue weighted by molar-refractivity contribution is 0.182. The molecule has 0 unspecified atom stereocenters. The van der Waals surface area contributed by atoms with Crippen molar-refractivity contribution in [1.29, 1.82) is 0 Å². The van der Waals surface area contributed by atoms with E-state index in [1.165, 1.54) is 0 Å². The average molecular weight is 142 g/mol. The molecule has 0 aromatic rings. The molecule has 0 aliphatic rings. The standard InChI is InChI=1S/C9H18O/c1-3-4-5-6-7-8-9(2)10/h4-5,9-10H,3,6-8H2,1-2H3/b5-4+/t9-/m1/s1. The van der Waals surface area contributed by atoms with Crippen molar-refractivity contribution in [2.24, 2.45) is 0 Å². The molecule has 10 heavy (non-hydrogen) atoms. The first kappa shape index (κ1) is 9.70. The molecule has 0 rings (SSSR count). The maximum Gasteiger partial charge on any atom is 0.0512 e. The second-order valence-corrected chi connectivity index (χ2v) is 2.66. The fourth-order valence-electron chi connectivity index (χ4n) is 0.816. The molecule has 0 aromatic heterocycles. The normalized spacial score (nSPS) is 14.3. The van der Waals surface area contributed by atoms with Gasteiger partial charge in [0.25, 0.3) is 0 Å². The Labute approximate surface area is 63.8 Å². The molecule has 60 valence electrons. The van der Waals surface area contributed by atoms with E-state index in [0.29, 0.717) is 0 Å². The minimum absolute atomic E-state index is 0.130. The average Bonchev–Trinajstić information content (AvgIpc) is 1.87. The zero-order chi connectivity index (χ0) is 7.82. The van der Waals surface area contributed by atoms with Gasteiger partial charge >= 0.3 is 0 Å². The molecule has 0 bridgehead atoms. The van der Waals surface area contributed by atoms with Gasteiger partial charge in [0, 0.05) is 0 Å². The predicted octanol–water partition coefficient (Wildman–Crippen LogP) is 2.50. The maximum atomic E-state index is 8.88. The van der Waals surface area contributed by atoms with Gasteiger partial charge in [0.1, 0.15) is 0 Å². The molecular formula is C9H18O. The number of hydrogen-bond acceptors (Lipinski definition) is 1. The van der Waals surface area contributed by atoms with E-state index in [2.05, 4.69) is 19.1 Å². The molecule has 0 fully saturated rings. The van der Waals surface area contributed by atoms with Crippen LogP contribution in [0, 0.1) is 0 Å². The van der Waals surface area contributed by atoms with E-state index in [9.17, 15) is 0 Å². The van der Waals surface area contributed by atoms with Gasteiger partial charge < -0.3 is 5.11 Å². The van der Waals surface area contributed by atoms with E-state index in [1.54, 1.807) is 0 Å². The Bertz CT molecular complexity index is 84.7. The quantitative estimate of drug-likeness (QED) is 0.462. The first-order chi connectivity index (χ1) is 4.77. The van der Waals surface area contributed by atoms with Crippen LogP contribution in [0.25, 0.3) is 0 Å². The van der Waals surface area contributed by atoms with Crippen LogP contribution in [-0.4, -0.2) is 11.2 Å². The second-order valence-electron chi connectivity index (χ2n) is 2.66. The fraction of sp³-hybridized carbons (Fsp3) is 0.778. The van der Waals surface area contributed by atoms with Crippen LogP contribution in [0.15, 0.2) is 12.2 Å². The van der Waals surface area contributed by atoms with Crippen LogP contribution >= 0.6 is 0 Å². The molecule has 1 N–H and O–H groups in total. The molecule has 0 aliphatic carbocycles. The van der Waals surface area contributed by atoms with Crippen LogP contribution in [0.3, 0.4) is 0 Å². The van der Waals surface area contributed by atoms with Crippen molar-refractivity contribution in [3.05, 3.63) is 12.2 Å². The lowest BCUT2D eigenvalue weighted by Gasteiger charge is -1.99. The van der Waals surface area contributed by atoms with E-state index in [1.807, 2.05) is 6.92 Å². The first-order valence-corrected chi connectivity index (χ1v) is 4.10. The number of aliphatic hydroxyl groups is 1. The maximum absolute atomic E-state index is 8.88. The summed E-state index contributed by atoms with van der Waals surface area (Å²) in [4.78, 5) is 0. The minimum atomic E-state index is -0.130. The summed E-state index contributed by atoms with van der Waals surface area (Å²) in [7, 11) is 0. The SMILES string of the molecule is CC/C=C/CCC[C@@H](C)O. The highest BCUT2D eigenvalue weighted by atomic mass is 16.3. The summed E-state index contributed by atoms with van der Waals surface area (Å²) in [5.41, 5.74) is 0. The highest BCUT2D eigenvalue weighted by Crippen LogP contribution is 2.00. The topological polar surface area (TPSA) is 20.2 Å². The summed E-state index contributed by atoms with van der Waals surface area (Å²) < 4.78 is 0. The Morgan fingerprint density at radius 1 is 1.40 bits per heavy atom. The van der Waals surface area contributed by atoms with Crippen LogP contribution in [0.2, 0.25) is 0 Å². The third-order valence-electron chi connectivity index (χ3n) is 1.40. The predicted molar refractivity (Wildman–Crippen MR) is 45.0 cm³/mol. The number of unbranched alkanes of at least 4 members (excludes halogenated alkanes) is 1. The van der Waals surface area contributed by atoms with Gasteiger partial charge in [0.05, 0.1) is 6.10 Å². The molecule has 1 heteroatoms. The van der Waals surface area contributed by atoms with Crippen molar-refractivity contribution in [3.8, 4) is 0 Å². The molecule has 0 radical (unpaired) electrons. The summed E-state index contributed by atoms with van der Waals surface area (Å²) in [6.07, 6.45) is 8.48. The summed E-state index contributed by atoms with van der Waals surface area (Å²) in [6, 6.07) is 0. The van der Waals surface area contributed by atoms with Crippen molar-refractivity contribution < 1.29 is 5.11 Å². The van der Waals surface area contributed by atoms with E-state index in [4.69, 9.17) is 5.11 Å². The van der Waals surface area contributed by atoms with E-state index < -0.39 is 0 Å². The molecule has 0 saturated carbocycles. The number of hydrogen-bond donors (Lipinski definition) is 1. The summed E-state index contributed by atoms with van der Waals surface area (Å²) >= 11 is 0. The lowest BCUT2D eigenvalue weighted by atomic mass is 10.1. The van der Waals surface area contributed by atoms with Gasteiger partial charge in [-0.15, -0.1) is 0 Å².